The monoisotopic (exact) mass is 327 g/mol. The van der Waals surface area contributed by atoms with Crippen LogP contribution in [0.2, 0.25) is 0 Å². The van der Waals surface area contributed by atoms with Gasteiger partial charge in [0.25, 0.3) is 0 Å². The van der Waals surface area contributed by atoms with Crippen molar-refractivity contribution in [2.45, 2.75) is 58.2 Å². The fourth-order valence-electron chi connectivity index (χ4n) is 4.26. The number of hydrogen-bond donors (Lipinski definition) is 0. The van der Waals surface area contributed by atoms with Crippen LogP contribution in [0.25, 0.3) is 0 Å². The van der Waals surface area contributed by atoms with Gasteiger partial charge in [0, 0.05) is 31.7 Å². The Morgan fingerprint density at radius 3 is 2.79 bits per heavy atom. The lowest BCUT2D eigenvalue weighted by molar-refractivity contribution is -0.136. The minimum absolute atomic E-state index is 0.120. The summed E-state index contributed by atoms with van der Waals surface area (Å²) in [7, 11) is 0. The molecule has 2 aliphatic rings. The maximum atomic E-state index is 13.1. The zero-order valence-corrected chi connectivity index (χ0v) is 14.3. The van der Waals surface area contributed by atoms with E-state index in [9.17, 15) is 4.79 Å². The second-order valence-electron chi connectivity index (χ2n) is 7.06. The first-order valence-electron chi connectivity index (χ1n) is 9.03. The molecule has 1 amide bonds. The summed E-state index contributed by atoms with van der Waals surface area (Å²) in [5, 5.41) is 4.37. The second-order valence-corrected chi connectivity index (χ2v) is 7.06. The van der Waals surface area contributed by atoms with Gasteiger partial charge < -0.3 is 9.47 Å². The number of imidazole rings is 1. The van der Waals surface area contributed by atoms with Gasteiger partial charge in [0.15, 0.2) is 0 Å². The van der Waals surface area contributed by atoms with Crippen LogP contribution in [0.1, 0.15) is 49.7 Å². The van der Waals surface area contributed by atoms with E-state index in [0.717, 1.165) is 31.0 Å². The summed E-state index contributed by atoms with van der Waals surface area (Å²) in [5.41, 5.74) is 0.946. The molecule has 0 bridgehead atoms. The molecule has 1 fully saturated rings. The summed E-state index contributed by atoms with van der Waals surface area (Å²) in [6, 6.07) is 2.06. The Balaban J connectivity index is 1.62. The number of amides is 1. The van der Waals surface area contributed by atoms with E-state index in [1.807, 2.05) is 25.4 Å². The molecule has 3 heterocycles. The Morgan fingerprint density at radius 1 is 1.21 bits per heavy atom. The van der Waals surface area contributed by atoms with E-state index in [1.165, 1.54) is 25.7 Å². The molecule has 1 unspecified atom stereocenters. The highest BCUT2D eigenvalue weighted by molar-refractivity contribution is 5.76. The second kappa shape index (κ2) is 6.42. The molecule has 0 aromatic carbocycles. The third-order valence-corrected chi connectivity index (χ3v) is 5.38. The Morgan fingerprint density at radius 2 is 2.04 bits per heavy atom. The molecule has 1 atom stereocenters. The summed E-state index contributed by atoms with van der Waals surface area (Å²) in [5.74, 6) is 1.77. The molecule has 0 N–H and O–H groups in total. The number of carbonyl (C=O) groups excluding carboxylic acids is 1. The summed E-state index contributed by atoms with van der Waals surface area (Å²) in [6.45, 7) is 4.02. The van der Waals surface area contributed by atoms with E-state index in [4.69, 9.17) is 0 Å². The molecule has 2 aromatic heterocycles. The molecule has 1 aliphatic carbocycles. The van der Waals surface area contributed by atoms with Crippen molar-refractivity contribution >= 4 is 5.91 Å². The molecule has 1 saturated carbocycles. The lowest BCUT2D eigenvalue weighted by atomic mass is 9.95. The predicted molar refractivity (Wildman–Crippen MR) is 90.2 cm³/mol. The van der Waals surface area contributed by atoms with Gasteiger partial charge in [-0.3, -0.25) is 9.48 Å². The van der Waals surface area contributed by atoms with Gasteiger partial charge >= 0.3 is 0 Å². The lowest BCUT2D eigenvalue weighted by Crippen LogP contribution is -2.40. The van der Waals surface area contributed by atoms with Crippen molar-refractivity contribution in [3.05, 3.63) is 36.2 Å². The summed E-state index contributed by atoms with van der Waals surface area (Å²) in [4.78, 5) is 19.8. The van der Waals surface area contributed by atoms with E-state index < -0.39 is 0 Å². The highest BCUT2D eigenvalue weighted by atomic mass is 16.2. The Bertz CT molecular complexity index is 713. The van der Waals surface area contributed by atoms with E-state index in [2.05, 4.69) is 25.7 Å². The third kappa shape index (κ3) is 2.85. The van der Waals surface area contributed by atoms with Crippen molar-refractivity contribution in [2.75, 3.05) is 6.54 Å². The van der Waals surface area contributed by atoms with Crippen LogP contribution in [0.4, 0.5) is 0 Å². The van der Waals surface area contributed by atoms with Crippen molar-refractivity contribution < 1.29 is 4.79 Å². The molecule has 0 saturated heterocycles. The van der Waals surface area contributed by atoms with Gasteiger partial charge in [-0.1, -0.05) is 12.8 Å². The summed E-state index contributed by atoms with van der Waals surface area (Å²) >= 11 is 0. The molecule has 6 heteroatoms. The summed E-state index contributed by atoms with van der Waals surface area (Å²) in [6.07, 6.45) is 11.7. The molecule has 0 spiro atoms. The van der Waals surface area contributed by atoms with Crippen LogP contribution in [0.5, 0.6) is 0 Å². The predicted octanol–water partition coefficient (Wildman–Crippen LogP) is 2.55. The molecule has 0 radical (unpaired) electrons. The number of aromatic nitrogens is 4. The first-order valence-corrected chi connectivity index (χ1v) is 9.03. The van der Waals surface area contributed by atoms with Crippen LogP contribution in [-0.4, -0.2) is 36.7 Å². The fraction of sp³-hybridized carbons (Fsp3) is 0.611. The molecule has 4 rings (SSSR count). The van der Waals surface area contributed by atoms with E-state index in [0.29, 0.717) is 12.5 Å². The maximum absolute atomic E-state index is 13.1. The number of nitrogens with zero attached hydrogens (tertiary/aromatic N) is 5. The van der Waals surface area contributed by atoms with Crippen molar-refractivity contribution in [1.82, 2.24) is 24.2 Å². The molecule has 6 nitrogen and oxygen atoms in total. The number of carbonyl (C=O) groups is 1. The highest BCUT2D eigenvalue weighted by Gasteiger charge is 2.37. The van der Waals surface area contributed by atoms with Crippen molar-refractivity contribution in [3.63, 3.8) is 0 Å². The average Bonchev–Trinajstić information content (AvgIpc) is 3.29. The van der Waals surface area contributed by atoms with Crippen molar-refractivity contribution in [1.29, 1.82) is 0 Å². The van der Waals surface area contributed by atoms with Crippen LogP contribution in [0.3, 0.4) is 0 Å². The molecule has 2 aromatic rings. The number of aryl methyl sites for hydroxylation is 2. The van der Waals surface area contributed by atoms with Crippen LogP contribution < -0.4 is 0 Å². The van der Waals surface area contributed by atoms with Gasteiger partial charge in [-0.05, 0) is 38.2 Å². The fourth-order valence-corrected chi connectivity index (χ4v) is 4.26. The molecule has 128 valence electrons. The van der Waals surface area contributed by atoms with E-state index in [-0.39, 0.29) is 11.9 Å². The van der Waals surface area contributed by atoms with Gasteiger partial charge in [0.1, 0.15) is 12.4 Å². The Hall–Kier alpha value is -2.11. The van der Waals surface area contributed by atoms with Crippen LogP contribution in [-0.2, 0) is 17.9 Å². The van der Waals surface area contributed by atoms with Crippen molar-refractivity contribution in [3.8, 4) is 0 Å². The topological polar surface area (TPSA) is 56.0 Å². The minimum atomic E-state index is 0.120. The number of rotatable bonds is 3. The first kappa shape index (κ1) is 15.4. The number of hydrogen-bond acceptors (Lipinski definition) is 3. The molecule has 1 aliphatic heterocycles. The van der Waals surface area contributed by atoms with Gasteiger partial charge in [-0.25, -0.2) is 4.98 Å². The zero-order chi connectivity index (χ0) is 16.5. The average molecular weight is 327 g/mol. The standard InChI is InChI=1S/C18H25N5O/c1-14-7-11-22(20-14)13-16(24)23-10-4-9-21-12-8-19-18(21)17(23)15-5-2-3-6-15/h7-8,11-12,15,17H,2-6,9-10,13H2,1H3. The lowest BCUT2D eigenvalue weighted by Gasteiger charge is -2.33. The number of fused-ring (bicyclic) bond motifs is 1. The van der Waals surface area contributed by atoms with Crippen LogP contribution >= 0.6 is 0 Å². The zero-order valence-electron chi connectivity index (χ0n) is 14.3. The first-order chi connectivity index (χ1) is 11.7. The minimum Gasteiger partial charge on any atom is -0.333 e. The normalized spacial score (nSPS) is 21.7. The highest BCUT2D eigenvalue weighted by Crippen LogP contribution is 2.40. The van der Waals surface area contributed by atoms with Crippen LogP contribution in [0.15, 0.2) is 24.7 Å². The molecular formula is C18H25N5O. The van der Waals surface area contributed by atoms with Crippen molar-refractivity contribution in [2.24, 2.45) is 5.92 Å². The SMILES string of the molecule is Cc1ccn(CC(=O)N2CCCn3ccnc3C2C2CCCC2)n1. The molecular weight excluding hydrogens is 302 g/mol. The van der Waals surface area contributed by atoms with E-state index >= 15 is 0 Å². The van der Waals surface area contributed by atoms with Gasteiger partial charge in [-0.2, -0.15) is 5.10 Å². The van der Waals surface area contributed by atoms with E-state index in [1.54, 1.807) is 4.68 Å². The largest absolute Gasteiger partial charge is 0.333 e. The Kier molecular flexibility index (Phi) is 4.12. The smallest absolute Gasteiger partial charge is 0.244 e. The van der Waals surface area contributed by atoms with Gasteiger partial charge in [0.2, 0.25) is 5.91 Å². The van der Waals surface area contributed by atoms with Gasteiger partial charge in [0.05, 0.1) is 11.7 Å². The quantitative estimate of drug-likeness (QED) is 0.870. The Labute approximate surface area is 142 Å². The maximum Gasteiger partial charge on any atom is 0.244 e. The molecule has 24 heavy (non-hydrogen) atoms. The van der Waals surface area contributed by atoms with Crippen LogP contribution in [0, 0.1) is 12.8 Å². The third-order valence-electron chi connectivity index (χ3n) is 5.38. The van der Waals surface area contributed by atoms with Gasteiger partial charge in [-0.15, -0.1) is 0 Å². The summed E-state index contributed by atoms with van der Waals surface area (Å²) < 4.78 is 4.00.